The van der Waals surface area contributed by atoms with E-state index in [9.17, 15) is 0 Å². The van der Waals surface area contributed by atoms with Gasteiger partial charge in [0.25, 0.3) is 0 Å². The molecule has 1 heterocycles. The molecule has 1 unspecified atom stereocenters. The molecule has 0 fully saturated rings. The van der Waals surface area contributed by atoms with Gasteiger partial charge in [-0.15, -0.1) is 24.8 Å². The number of hydrogen-bond acceptors (Lipinski definition) is 4. The van der Waals surface area contributed by atoms with Gasteiger partial charge in [-0.05, 0) is 12.1 Å². The lowest BCUT2D eigenvalue weighted by atomic mass is 10.3. The maximum Gasteiger partial charge on any atom is 0.151 e. The number of halogens is 2. The van der Waals surface area contributed by atoms with Crippen molar-refractivity contribution in [3.05, 3.63) is 24.2 Å². The minimum atomic E-state index is -0.625. The quantitative estimate of drug-likeness (QED) is 0.741. The van der Waals surface area contributed by atoms with Crippen LogP contribution in [0.3, 0.4) is 0 Å². The van der Waals surface area contributed by atoms with Crippen LogP contribution in [0.15, 0.2) is 22.8 Å². The summed E-state index contributed by atoms with van der Waals surface area (Å²) in [6.07, 6.45) is 1.49. The van der Waals surface area contributed by atoms with Crippen molar-refractivity contribution in [1.29, 1.82) is 5.26 Å². The standard InChI is InChI=1S/C6H6N2O.2ClH.H3N/c7-4-5(8)6-2-1-3-9-6;;;/h1-3,5H,8H2;2*1H;1H3. The second-order valence-corrected chi connectivity index (χ2v) is 1.62. The van der Waals surface area contributed by atoms with E-state index in [0.29, 0.717) is 5.76 Å². The minimum Gasteiger partial charge on any atom is -0.467 e. The molecule has 4 nitrogen and oxygen atoms in total. The normalized spacial score (nSPS) is 9.33. The Morgan fingerprint density at radius 3 is 2.42 bits per heavy atom. The molecule has 0 amide bonds. The first-order valence-corrected chi connectivity index (χ1v) is 2.53. The van der Waals surface area contributed by atoms with Crippen LogP contribution in [0.4, 0.5) is 0 Å². The fourth-order valence-corrected chi connectivity index (χ4v) is 0.532. The van der Waals surface area contributed by atoms with Crippen molar-refractivity contribution in [1.82, 2.24) is 6.15 Å². The first kappa shape index (κ1) is 17.4. The van der Waals surface area contributed by atoms with E-state index in [-0.39, 0.29) is 31.0 Å². The van der Waals surface area contributed by atoms with Crippen LogP contribution in [0.5, 0.6) is 0 Å². The maximum absolute atomic E-state index is 8.27. The molecule has 1 rings (SSSR count). The highest BCUT2D eigenvalue weighted by molar-refractivity contribution is 5.85. The molecule has 5 N–H and O–H groups in total. The smallest absolute Gasteiger partial charge is 0.151 e. The van der Waals surface area contributed by atoms with Gasteiger partial charge >= 0.3 is 0 Å². The van der Waals surface area contributed by atoms with Crippen LogP contribution < -0.4 is 11.9 Å². The van der Waals surface area contributed by atoms with Crippen LogP contribution in [0.25, 0.3) is 0 Å². The molecule has 0 aliphatic carbocycles. The SMILES string of the molecule is Cl.Cl.N.N#CC(N)c1ccco1. The third-order valence-corrected chi connectivity index (χ3v) is 0.989. The topological polar surface area (TPSA) is 98.0 Å². The third kappa shape index (κ3) is 4.21. The van der Waals surface area contributed by atoms with Gasteiger partial charge in [0, 0.05) is 0 Å². The molecule has 1 aromatic heterocycles. The van der Waals surface area contributed by atoms with Crippen molar-refractivity contribution >= 4 is 24.8 Å². The van der Waals surface area contributed by atoms with Crippen LogP contribution in [0.2, 0.25) is 0 Å². The van der Waals surface area contributed by atoms with Gasteiger partial charge in [0.05, 0.1) is 12.3 Å². The highest BCUT2D eigenvalue weighted by Crippen LogP contribution is 2.07. The molecular formula is C6H11Cl2N3O. The van der Waals surface area contributed by atoms with Crippen molar-refractivity contribution in [2.45, 2.75) is 6.04 Å². The van der Waals surface area contributed by atoms with E-state index in [4.69, 9.17) is 15.4 Å². The number of nitriles is 1. The second-order valence-electron chi connectivity index (χ2n) is 1.62. The molecule has 0 aliphatic heterocycles. The number of nitrogens with two attached hydrogens (primary N) is 1. The highest BCUT2D eigenvalue weighted by Gasteiger charge is 2.04. The number of furan rings is 1. The van der Waals surface area contributed by atoms with E-state index in [1.165, 1.54) is 6.26 Å². The predicted octanol–water partition coefficient (Wildman–Crippen LogP) is 1.81. The fourth-order valence-electron chi connectivity index (χ4n) is 0.532. The molecule has 0 bridgehead atoms. The molecular weight excluding hydrogens is 201 g/mol. The molecule has 0 saturated carbocycles. The van der Waals surface area contributed by atoms with E-state index in [1.807, 2.05) is 6.07 Å². The van der Waals surface area contributed by atoms with Gasteiger partial charge in [0.15, 0.2) is 6.04 Å². The molecule has 0 saturated heterocycles. The summed E-state index contributed by atoms with van der Waals surface area (Å²) < 4.78 is 4.84. The Labute approximate surface area is 83.1 Å². The Hall–Kier alpha value is -0.730. The van der Waals surface area contributed by atoms with Gasteiger partial charge < -0.3 is 16.3 Å². The summed E-state index contributed by atoms with van der Waals surface area (Å²) in [5.74, 6) is 0.512. The zero-order valence-corrected chi connectivity index (χ0v) is 7.90. The van der Waals surface area contributed by atoms with Crippen molar-refractivity contribution in [2.75, 3.05) is 0 Å². The van der Waals surface area contributed by atoms with Gasteiger partial charge in [0.2, 0.25) is 0 Å². The molecule has 6 heteroatoms. The van der Waals surface area contributed by atoms with Gasteiger partial charge in [-0.1, -0.05) is 0 Å². The summed E-state index contributed by atoms with van der Waals surface area (Å²) >= 11 is 0. The lowest BCUT2D eigenvalue weighted by Gasteiger charge is -1.92. The summed E-state index contributed by atoms with van der Waals surface area (Å²) in [6, 6.07) is 4.60. The minimum absolute atomic E-state index is 0. The lowest BCUT2D eigenvalue weighted by molar-refractivity contribution is 0.497. The maximum atomic E-state index is 8.27. The molecule has 70 valence electrons. The van der Waals surface area contributed by atoms with Crippen molar-refractivity contribution in [3.8, 4) is 6.07 Å². The van der Waals surface area contributed by atoms with Gasteiger partial charge in [-0.3, -0.25) is 0 Å². The van der Waals surface area contributed by atoms with E-state index >= 15 is 0 Å². The molecule has 0 aromatic carbocycles. The zero-order valence-electron chi connectivity index (χ0n) is 6.27. The summed E-state index contributed by atoms with van der Waals surface area (Å²) in [6.45, 7) is 0. The van der Waals surface area contributed by atoms with Crippen LogP contribution in [0.1, 0.15) is 11.8 Å². The van der Waals surface area contributed by atoms with E-state index in [2.05, 4.69) is 0 Å². The Morgan fingerprint density at radius 1 is 1.50 bits per heavy atom. The second kappa shape index (κ2) is 8.37. The summed E-state index contributed by atoms with van der Waals surface area (Å²) in [5, 5.41) is 8.27. The summed E-state index contributed by atoms with van der Waals surface area (Å²) in [7, 11) is 0. The first-order valence-electron chi connectivity index (χ1n) is 2.53. The van der Waals surface area contributed by atoms with Crippen LogP contribution in [0, 0.1) is 11.3 Å². The van der Waals surface area contributed by atoms with Gasteiger partial charge in [-0.25, -0.2) is 0 Å². The summed E-state index contributed by atoms with van der Waals surface area (Å²) in [5.41, 5.74) is 5.28. The predicted molar refractivity (Wildman–Crippen MR) is 50.8 cm³/mol. The van der Waals surface area contributed by atoms with Crippen LogP contribution in [-0.2, 0) is 0 Å². The number of nitrogens with zero attached hydrogens (tertiary/aromatic N) is 1. The van der Waals surface area contributed by atoms with Gasteiger partial charge in [-0.2, -0.15) is 5.26 Å². The molecule has 0 aliphatic rings. The average molecular weight is 212 g/mol. The Morgan fingerprint density at radius 2 is 2.08 bits per heavy atom. The lowest BCUT2D eigenvalue weighted by Crippen LogP contribution is -2.05. The molecule has 1 aromatic rings. The highest BCUT2D eigenvalue weighted by atomic mass is 35.5. The summed E-state index contributed by atoms with van der Waals surface area (Å²) in [4.78, 5) is 0. The molecule has 0 spiro atoms. The number of hydrogen-bond donors (Lipinski definition) is 2. The van der Waals surface area contributed by atoms with Crippen molar-refractivity contribution < 1.29 is 4.42 Å². The molecule has 1 atom stereocenters. The third-order valence-electron chi connectivity index (χ3n) is 0.989. The monoisotopic (exact) mass is 211 g/mol. The fraction of sp³-hybridized carbons (Fsp3) is 0.167. The number of rotatable bonds is 1. The van der Waals surface area contributed by atoms with E-state index in [0.717, 1.165) is 0 Å². The molecule has 0 radical (unpaired) electrons. The first-order chi connectivity index (χ1) is 4.34. The van der Waals surface area contributed by atoms with E-state index < -0.39 is 6.04 Å². The van der Waals surface area contributed by atoms with Gasteiger partial charge in [0.1, 0.15) is 5.76 Å². The molecule has 12 heavy (non-hydrogen) atoms. The largest absolute Gasteiger partial charge is 0.467 e. The Balaban J connectivity index is -0.000000270. The Kier molecular flexibility index (Phi) is 12.1. The zero-order chi connectivity index (χ0) is 6.69. The van der Waals surface area contributed by atoms with Crippen molar-refractivity contribution in [3.63, 3.8) is 0 Å². The van der Waals surface area contributed by atoms with Crippen molar-refractivity contribution in [2.24, 2.45) is 5.73 Å². The Bertz CT molecular complexity index is 219. The van der Waals surface area contributed by atoms with Crippen LogP contribution >= 0.6 is 24.8 Å². The van der Waals surface area contributed by atoms with Crippen LogP contribution in [-0.4, -0.2) is 0 Å². The average Bonchev–Trinajstić information content (AvgIpc) is 2.37. The van der Waals surface area contributed by atoms with E-state index in [1.54, 1.807) is 12.1 Å².